The third-order valence-corrected chi connectivity index (χ3v) is 3.87. The molecule has 144 valence electrons. The van der Waals surface area contributed by atoms with E-state index in [2.05, 4.69) is 9.47 Å². The van der Waals surface area contributed by atoms with Crippen LogP contribution in [0.15, 0.2) is 47.8 Å². The summed E-state index contributed by atoms with van der Waals surface area (Å²) in [5, 5.41) is -0.860. The van der Waals surface area contributed by atoms with Crippen LogP contribution >= 0.6 is 11.6 Å². The lowest BCUT2D eigenvalue weighted by Crippen LogP contribution is -2.27. The lowest BCUT2D eigenvalue weighted by molar-refractivity contribution is -0.139. The summed E-state index contributed by atoms with van der Waals surface area (Å²) in [6, 6.07) is 0.930. The van der Waals surface area contributed by atoms with Gasteiger partial charge in [0.15, 0.2) is 0 Å². The van der Waals surface area contributed by atoms with E-state index in [1.165, 1.54) is 18.2 Å². The van der Waals surface area contributed by atoms with E-state index in [1.54, 1.807) is 0 Å². The molecule has 1 aliphatic heterocycles. The fourth-order valence-electron chi connectivity index (χ4n) is 2.31. The zero-order valence-electron chi connectivity index (χ0n) is 13.9. The fraction of sp³-hybridized carbons (Fsp3) is 0.176. The van der Waals surface area contributed by atoms with Gasteiger partial charge in [-0.05, 0) is 24.3 Å². The van der Waals surface area contributed by atoms with Gasteiger partial charge in [-0.1, -0.05) is 17.7 Å². The maximum absolute atomic E-state index is 13.9. The van der Waals surface area contributed by atoms with Crippen LogP contribution in [0.2, 0.25) is 5.02 Å². The first-order valence-corrected chi connectivity index (χ1v) is 7.60. The molecule has 0 bridgehead atoms. The van der Waals surface area contributed by atoms with Gasteiger partial charge in [0, 0.05) is 6.20 Å². The number of methoxy groups -OCH3 is 2. The zero-order valence-corrected chi connectivity index (χ0v) is 14.7. The molecule has 1 aliphatic rings. The average Bonchev–Trinajstić information content (AvgIpc) is 2.83. The van der Waals surface area contributed by atoms with Crippen LogP contribution in [0, 0.1) is 5.82 Å². The highest BCUT2D eigenvalue weighted by molar-refractivity contribution is 6.34. The molecular weight excluding hydrogens is 394 g/mol. The normalized spacial score (nSPS) is 14.3. The van der Waals surface area contributed by atoms with E-state index in [9.17, 15) is 27.2 Å². The van der Waals surface area contributed by atoms with Crippen LogP contribution < -0.4 is 4.90 Å². The minimum Gasteiger partial charge on any atom is -0.465 e. The van der Waals surface area contributed by atoms with Gasteiger partial charge in [0.2, 0.25) is 0 Å². The maximum atomic E-state index is 13.9. The molecule has 0 amide bonds. The Hall–Kier alpha value is -2.81. The van der Waals surface area contributed by atoms with Crippen molar-refractivity contribution in [2.45, 2.75) is 6.18 Å². The Labute approximate surface area is 156 Å². The number of rotatable bonds is 3. The van der Waals surface area contributed by atoms with Crippen molar-refractivity contribution in [2.24, 2.45) is 0 Å². The smallest absolute Gasteiger partial charge is 0.418 e. The number of allylic oxidation sites excluding steroid dienone is 2. The van der Waals surface area contributed by atoms with Crippen molar-refractivity contribution in [3.05, 3.63) is 64.2 Å². The Bertz CT molecular complexity index is 874. The van der Waals surface area contributed by atoms with Gasteiger partial charge in [-0.25, -0.2) is 14.0 Å². The van der Waals surface area contributed by atoms with Gasteiger partial charge in [-0.2, -0.15) is 13.2 Å². The summed E-state index contributed by atoms with van der Waals surface area (Å²) in [6.07, 6.45) is 0.0501. The molecule has 0 saturated heterocycles. The Morgan fingerprint density at radius 3 is 2.26 bits per heavy atom. The topological polar surface area (TPSA) is 55.8 Å². The molecule has 1 heterocycles. The van der Waals surface area contributed by atoms with Crippen molar-refractivity contribution >= 4 is 29.2 Å². The third-order valence-electron chi connectivity index (χ3n) is 3.47. The Balaban J connectivity index is 2.81. The van der Waals surface area contributed by atoms with Crippen molar-refractivity contribution in [2.75, 3.05) is 19.1 Å². The van der Waals surface area contributed by atoms with Gasteiger partial charge in [-0.15, -0.1) is 0 Å². The molecule has 0 aromatic heterocycles. The zero-order chi connectivity index (χ0) is 20.4. The Morgan fingerprint density at radius 1 is 1.07 bits per heavy atom. The van der Waals surface area contributed by atoms with Crippen molar-refractivity contribution in [3.8, 4) is 0 Å². The number of hydrogen-bond acceptors (Lipinski definition) is 5. The Morgan fingerprint density at radius 2 is 1.70 bits per heavy atom. The molecule has 0 fully saturated rings. The van der Waals surface area contributed by atoms with Crippen LogP contribution in [-0.4, -0.2) is 26.2 Å². The van der Waals surface area contributed by atoms with Gasteiger partial charge in [0.1, 0.15) is 11.5 Å². The molecule has 0 N–H and O–H groups in total. The standard InChI is InChI=1S/C17H12ClF4NO4/c1-26-15(24)10-5-3-4-6-23(14(10)16(25)27-2)12-8-9(19)7-11(13(12)18)17(20,21)22/h3-8H,1-2H3. The molecule has 0 saturated carbocycles. The van der Waals surface area contributed by atoms with E-state index in [0.717, 1.165) is 25.3 Å². The minimum atomic E-state index is -4.94. The molecule has 0 atom stereocenters. The molecule has 2 rings (SSSR count). The summed E-state index contributed by atoms with van der Waals surface area (Å²) in [5.41, 5.74) is -2.75. The number of nitrogens with zero attached hydrogens (tertiary/aromatic N) is 1. The van der Waals surface area contributed by atoms with Crippen molar-refractivity contribution in [1.82, 2.24) is 0 Å². The Kier molecular flexibility index (Phi) is 5.94. The molecule has 1 aromatic rings. The number of hydrogen-bond donors (Lipinski definition) is 0. The van der Waals surface area contributed by atoms with E-state index in [0.29, 0.717) is 6.07 Å². The number of esters is 2. The second-order valence-electron chi connectivity index (χ2n) is 5.10. The number of anilines is 1. The number of carbonyl (C=O) groups excluding carboxylic acids is 2. The highest BCUT2D eigenvalue weighted by Gasteiger charge is 2.37. The lowest BCUT2D eigenvalue weighted by Gasteiger charge is -2.25. The van der Waals surface area contributed by atoms with E-state index in [4.69, 9.17) is 11.6 Å². The van der Waals surface area contributed by atoms with Gasteiger partial charge < -0.3 is 14.4 Å². The van der Waals surface area contributed by atoms with E-state index in [-0.39, 0.29) is 11.6 Å². The minimum absolute atomic E-state index is 0.231. The SMILES string of the molecule is COC(=O)C1=C(C(=O)OC)N(c2cc(F)cc(C(F)(F)F)c2Cl)C=CC=C1. The van der Waals surface area contributed by atoms with Crippen molar-refractivity contribution < 1.29 is 36.6 Å². The maximum Gasteiger partial charge on any atom is 0.418 e. The van der Waals surface area contributed by atoms with Gasteiger partial charge >= 0.3 is 18.1 Å². The molecule has 0 radical (unpaired) electrons. The van der Waals surface area contributed by atoms with E-state index in [1.807, 2.05) is 0 Å². The number of carbonyl (C=O) groups is 2. The fourth-order valence-corrected chi connectivity index (χ4v) is 2.61. The quantitative estimate of drug-likeness (QED) is 0.562. The number of benzene rings is 1. The molecule has 1 aromatic carbocycles. The highest BCUT2D eigenvalue weighted by atomic mass is 35.5. The lowest BCUT2D eigenvalue weighted by atomic mass is 10.1. The number of halogens is 5. The van der Waals surface area contributed by atoms with Crippen molar-refractivity contribution in [1.29, 1.82) is 0 Å². The van der Waals surface area contributed by atoms with Crippen LogP contribution in [-0.2, 0) is 25.2 Å². The predicted molar refractivity (Wildman–Crippen MR) is 88.2 cm³/mol. The van der Waals surface area contributed by atoms with E-state index < -0.39 is 45.9 Å². The predicted octanol–water partition coefficient (Wildman–Crippen LogP) is 3.99. The van der Waals surface area contributed by atoms with Gasteiger partial charge in [0.25, 0.3) is 0 Å². The molecule has 0 unspecified atom stereocenters. The second-order valence-corrected chi connectivity index (χ2v) is 5.48. The molecule has 5 nitrogen and oxygen atoms in total. The first kappa shape index (κ1) is 20.5. The molecule has 10 heteroatoms. The number of ether oxygens (including phenoxy) is 2. The molecule has 0 aliphatic carbocycles. The van der Waals surface area contributed by atoms with Crippen LogP contribution in [0.1, 0.15) is 5.56 Å². The van der Waals surface area contributed by atoms with Crippen LogP contribution in [0.3, 0.4) is 0 Å². The average molecular weight is 406 g/mol. The first-order valence-electron chi connectivity index (χ1n) is 7.23. The molecule has 27 heavy (non-hydrogen) atoms. The summed E-state index contributed by atoms with van der Waals surface area (Å²) in [4.78, 5) is 25.1. The van der Waals surface area contributed by atoms with Crippen LogP contribution in [0.25, 0.3) is 0 Å². The summed E-state index contributed by atoms with van der Waals surface area (Å²) in [5.74, 6) is -3.26. The highest BCUT2D eigenvalue weighted by Crippen LogP contribution is 2.42. The molecular formula is C17H12ClF4NO4. The van der Waals surface area contributed by atoms with Crippen molar-refractivity contribution in [3.63, 3.8) is 0 Å². The monoisotopic (exact) mass is 405 g/mol. The van der Waals surface area contributed by atoms with Crippen LogP contribution in [0.4, 0.5) is 23.2 Å². The number of alkyl halides is 3. The van der Waals surface area contributed by atoms with Gasteiger partial charge in [-0.3, -0.25) is 0 Å². The van der Waals surface area contributed by atoms with Crippen LogP contribution in [0.5, 0.6) is 0 Å². The van der Waals surface area contributed by atoms with Gasteiger partial charge in [0.05, 0.1) is 36.1 Å². The van der Waals surface area contributed by atoms with E-state index >= 15 is 0 Å². The molecule has 0 spiro atoms. The largest absolute Gasteiger partial charge is 0.465 e. The second kappa shape index (κ2) is 7.83. The first-order chi connectivity index (χ1) is 12.6. The summed E-state index contributed by atoms with van der Waals surface area (Å²) in [7, 11) is 2.06. The third kappa shape index (κ3) is 4.13. The summed E-state index contributed by atoms with van der Waals surface area (Å²) >= 11 is 5.85. The summed E-state index contributed by atoms with van der Waals surface area (Å²) < 4.78 is 62.6. The summed E-state index contributed by atoms with van der Waals surface area (Å²) in [6.45, 7) is 0.